The van der Waals surface area contributed by atoms with Crippen molar-refractivity contribution in [1.29, 1.82) is 0 Å². The first kappa shape index (κ1) is 10.3. The molecule has 0 aliphatic carbocycles. The number of aryl methyl sites for hydroxylation is 1. The summed E-state index contributed by atoms with van der Waals surface area (Å²) in [6.45, 7) is 4.01. The zero-order valence-corrected chi connectivity index (χ0v) is 8.73. The fourth-order valence-electron chi connectivity index (χ4n) is 1.37. The fraction of sp³-hybridized carbons (Fsp3) is 0.500. The molecule has 0 aromatic carbocycles. The predicted octanol–water partition coefficient (Wildman–Crippen LogP) is 3.02. The van der Waals surface area contributed by atoms with Gasteiger partial charge in [-0.25, -0.2) is 0 Å². The molecule has 0 spiro atoms. The molecule has 1 unspecified atom stereocenters. The molecule has 3 heteroatoms. The lowest BCUT2D eigenvalue weighted by Gasteiger charge is -2.08. The Kier molecular flexibility index (Phi) is 3.48. The maximum absolute atomic E-state index is 10.9. The number of carboxylic acid groups (broad SMARTS) is 1. The van der Waals surface area contributed by atoms with Crippen LogP contribution in [0.4, 0.5) is 0 Å². The Morgan fingerprint density at radius 2 is 2.38 bits per heavy atom. The van der Waals surface area contributed by atoms with E-state index in [0.29, 0.717) is 0 Å². The van der Waals surface area contributed by atoms with Gasteiger partial charge in [0.25, 0.3) is 0 Å². The van der Waals surface area contributed by atoms with Gasteiger partial charge in [-0.1, -0.05) is 13.3 Å². The van der Waals surface area contributed by atoms with E-state index in [-0.39, 0.29) is 5.92 Å². The molecule has 0 radical (unpaired) electrons. The molecule has 1 atom stereocenters. The summed E-state index contributed by atoms with van der Waals surface area (Å²) in [5.41, 5.74) is 0.955. The van der Waals surface area contributed by atoms with Crippen LogP contribution in [0.15, 0.2) is 11.4 Å². The third-order valence-corrected chi connectivity index (χ3v) is 2.91. The van der Waals surface area contributed by atoms with E-state index in [1.54, 1.807) is 11.3 Å². The molecule has 0 aliphatic heterocycles. The van der Waals surface area contributed by atoms with Gasteiger partial charge in [-0.05, 0) is 30.4 Å². The molecule has 0 bridgehead atoms. The lowest BCUT2D eigenvalue weighted by molar-refractivity contribution is -0.139. The number of carboxylic acids is 1. The molecule has 0 aliphatic rings. The number of carbonyl (C=O) groups is 1. The summed E-state index contributed by atoms with van der Waals surface area (Å²) in [5.74, 6) is -1.02. The third-order valence-electron chi connectivity index (χ3n) is 2.03. The maximum Gasteiger partial charge on any atom is 0.311 e. The zero-order valence-electron chi connectivity index (χ0n) is 7.91. The average Bonchev–Trinajstić information content (AvgIpc) is 2.46. The first-order valence-electron chi connectivity index (χ1n) is 4.43. The first-order valence-corrected chi connectivity index (χ1v) is 5.31. The Morgan fingerprint density at radius 3 is 2.77 bits per heavy atom. The van der Waals surface area contributed by atoms with E-state index in [2.05, 4.69) is 0 Å². The maximum atomic E-state index is 10.9. The normalized spacial score (nSPS) is 12.8. The van der Waals surface area contributed by atoms with Crippen molar-refractivity contribution < 1.29 is 9.90 Å². The minimum Gasteiger partial charge on any atom is -0.481 e. The monoisotopic (exact) mass is 198 g/mol. The summed E-state index contributed by atoms with van der Waals surface area (Å²) >= 11 is 1.61. The Balaban J connectivity index is 2.81. The van der Waals surface area contributed by atoms with Gasteiger partial charge in [0.1, 0.15) is 0 Å². The number of thiophene rings is 1. The van der Waals surface area contributed by atoms with E-state index in [0.717, 1.165) is 18.4 Å². The molecule has 1 heterocycles. The van der Waals surface area contributed by atoms with Crippen LogP contribution in [0.1, 0.15) is 36.1 Å². The quantitative estimate of drug-likeness (QED) is 0.807. The van der Waals surface area contributed by atoms with Gasteiger partial charge in [0.15, 0.2) is 0 Å². The lowest BCUT2D eigenvalue weighted by atomic mass is 9.97. The van der Waals surface area contributed by atoms with Crippen molar-refractivity contribution in [2.45, 2.75) is 32.6 Å². The van der Waals surface area contributed by atoms with Gasteiger partial charge >= 0.3 is 5.97 Å². The van der Waals surface area contributed by atoms with Crippen LogP contribution in [-0.4, -0.2) is 11.1 Å². The topological polar surface area (TPSA) is 37.3 Å². The van der Waals surface area contributed by atoms with Gasteiger partial charge in [0.2, 0.25) is 0 Å². The first-order chi connectivity index (χ1) is 6.15. The van der Waals surface area contributed by atoms with Crippen molar-refractivity contribution in [2.75, 3.05) is 0 Å². The molecule has 13 heavy (non-hydrogen) atoms. The minimum absolute atomic E-state index is 0.310. The molecule has 72 valence electrons. The molecule has 0 fully saturated rings. The standard InChI is InChI=1S/C10H14O2S/c1-3-4-9(10(11)12)8-5-7(2)13-6-8/h5-6,9H,3-4H2,1-2H3,(H,11,12). The number of aliphatic carboxylic acids is 1. The van der Waals surface area contributed by atoms with Crippen molar-refractivity contribution in [3.05, 3.63) is 21.9 Å². The van der Waals surface area contributed by atoms with Crippen LogP contribution < -0.4 is 0 Å². The van der Waals surface area contributed by atoms with Crippen LogP contribution in [-0.2, 0) is 4.79 Å². The van der Waals surface area contributed by atoms with Gasteiger partial charge < -0.3 is 5.11 Å². The fourth-order valence-corrected chi connectivity index (χ4v) is 2.13. The van der Waals surface area contributed by atoms with Gasteiger partial charge in [-0.2, -0.15) is 0 Å². The van der Waals surface area contributed by atoms with Gasteiger partial charge in [-0.15, -0.1) is 11.3 Å². The molecule has 1 N–H and O–H groups in total. The van der Waals surface area contributed by atoms with Crippen molar-refractivity contribution in [3.8, 4) is 0 Å². The van der Waals surface area contributed by atoms with Gasteiger partial charge in [-0.3, -0.25) is 4.79 Å². The summed E-state index contributed by atoms with van der Waals surface area (Å²) in [4.78, 5) is 12.1. The molecule has 0 amide bonds. The molecule has 0 saturated heterocycles. The van der Waals surface area contributed by atoms with E-state index in [1.165, 1.54) is 4.88 Å². The highest BCUT2D eigenvalue weighted by atomic mass is 32.1. The zero-order chi connectivity index (χ0) is 9.84. The van der Waals surface area contributed by atoms with Gasteiger partial charge in [0, 0.05) is 4.88 Å². The van der Waals surface area contributed by atoms with Crippen LogP contribution in [0.2, 0.25) is 0 Å². The van der Waals surface area contributed by atoms with E-state index < -0.39 is 5.97 Å². The summed E-state index contributed by atoms with van der Waals surface area (Å²) < 4.78 is 0. The molecule has 2 nitrogen and oxygen atoms in total. The second kappa shape index (κ2) is 4.42. The van der Waals surface area contributed by atoms with Crippen LogP contribution >= 0.6 is 11.3 Å². The summed E-state index contributed by atoms with van der Waals surface area (Å²) in [6, 6.07) is 1.97. The molecule has 1 rings (SSSR count). The molecule has 0 saturated carbocycles. The Labute approximate surface area is 82.2 Å². The Hall–Kier alpha value is -0.830. The Bertz CT molecular complexity index is 291. The average molecular weight is 198 g/mol. The van der Waals surface area contributed by atoms with Gasteiger partial charge in [0.05, 0.1) is 5.92 Å². The van der Waals surface area contributed by atoms with Crippen LogP contribution in [0.25, 0.3) is 0 Å². The number of hydrogen-bond acceptors (Lipinski definition) is 2. The number of hydrogen-bond donors (Lipinski definition) is 1. The second-order valence-electron chi connectivity index (χ2n) is 3.17. The largest absolute Gasteiger partial charge is 0.481 e. The smallest absolute Gasteiger partial charge is 0.311 e. The van der Waals surface area contributed by atoms with E-state index in [9.17, 15) is 4.79 Å². The molecular formula is C10H14O2S. The van der Waals surface area contributed by atoms with Crippen molar-refractivity contribution >= 4 is 17.3 Å². The highest BCUT2D eigenvalue weighted by Gasteiger charge is 2.19. The minimum atomic E-state index is -0.709. The number of rotatable bonds is 4. The second-order valence-corrected chi connectivity index (χ2v) is 4.29. The van der Waals surface area contributed by atoms with E-state index >= 15 is 0 Å². The molecule has 1 aromatic rings. The lowest BCUT2D eigenvalue weighted by Crippen LogP contribution is -2.10. The summed E-state index contributed by atoms with van der Waals surface area (Å²) in [7, 11) is 0. The SMILES string of the molecule is CCCC(C(=O)O)c1csc(C)c1. The Morgan fingerprint density at radius 1 is 1.69 bits per heavy atom. The van der Waals surface area contributed by atoms with Crippen LogP contribution in [0.5, 0.6) is 0 Å². The van der Waals surface area contributed by atoms with Crippen LogP contribution in [0.3, 0.4) is 0 Å². The predicted molar refractivity (Wildman–Crippen MR) is 54.3 cm³/mol. The highest BCUT2D eigenvalue weighted by molar-refractivity contribution is 7.10. The highest BCUT2D eigenvalue weighted by Crippen LogP contribution is 2.25. The van der Waals surface area contributed by atoms with Crippen molar-refractivity contribution in [1.82, 2.24) is 0 Å². The summed E-state index contributed by atoms with van der Waals surface area (Å²) in [6.07, 6.45) is 1.64. The summed E-state index contributed by atoms with van der Waals surface area (Å²) in [5, 5.41) is 10.9. The van der Waals surface area contributed by atoms with E-state index in [4.69, 9.17) is 5.11 Å². The molecular weight excluding hydrogens is 184 g/mol. The third kappa shape index (κ3) is 2.56. The molecule has 1 aromatic heterocycles. The van der Waals surface area contributed by atoms with Crippen LogP contribution in [0, 0.1) is 6.92 Å². The van der Waals surface area contributed by atoms with E-state index in [1.807, 2.05) is 25.3 Å². The van der Waals surface area contributed by atoms with Crippen molar-refractivity contribution in [3.63, 3.8) is 0 Å². The van der Waals surface area contributed by atoms with Crippen molar-refractivity contribution in [2.24, 2.45) is 0 Å².